The van der Waals surface area contributed by atoms with Gasteiger partial charge in [0.05, 0.1) is 0 Å². The molecule has 0 atom stereocenters. The number of thiazole rings is 1. The molecule has 1 aromatic rings. The van der Waals surface area contributed by atoms with E-state index in [0.29, 0.717) is 5.15 Å². The summed E-state index contributed by atoms with van der Waals surface area (Å²) in [4.78, 5) is 3.97. The van der Waals surface area contributed by atoms with Gasteiger partial charge < -0.3 is 5.32 Å². The van der Waals surface area contributed by atoms with Crippen molar-refractivity contribution in [1.29, 1.82) is 0 Å². The second-order valence-electron chi connectivity index (χ2n) is 1.64. The lowest BCUT2D eigenvalue weighted by atomic mass is 10.6. The molecule has 10 heavy (non-hydrogen) atoms. The van der Waals surface area contributed by atoms with Crippen LogP contribution in [0.4, 0.5) is 5.13 Å². The monoisotopic (exact) mass is 174 g/mol. The van der Waals surface area contributed by atoms with Gasteiger partial charge in [-0.2, -0.15) is 0 Å². The smallest absolute Gasteiger partial charge is 0.184 e. The van der Waals surface area contributed by atoms with Crippen LogP contribution in [0.3, 0.4) is 0 Å². The van der Waals surface area contributed by atoms with Crippen molar-refractivity contribution < 1.29 is 0 Å². The lowest BCUT2D eigenvalue weighted by Crippen LogP contribution is -1.95. The molecule has 2 nitrogen and oxygen atoms in total. The number of hydrogen-bond donors (Lipinski definition) is 1. The summed E-state index contributed by atoms with van der Waals surface area (Å²) in [6.45, 7) is 4.29. The van der Waals surface area contributed by atoms with Crippen molar-refractivity contribution in [2.24, 2.45) is 0 Å². The fraction of sp³-hybridized carbons (Fsp3) is 0.167. The van der Waals surface area contributed by atoms with Crippen LogP contribution >= 0.6 is 22.9 Å². The van der Waals surface area contributed by atoms with E-state index in [2.05, 4.69) is 16.9 Å². The second kappa shape index (κ2) is 3.58. The molecule has 54 valence electrons. The zero-order valence-electron chi connectivity index (χ0n) is 5.30. The summed E-state index contributed by atoms with van der Waals surface area (Å²) in [5.41, 5.74) is 0. The summed E-state index contributed by atoms with van der Waals surface area (Å²) >= 11 is 7.06. The Morgan fingerprint density at radius 1 is 1.90 bits per heavy atom. The van der Waals surface area contributed by atoms with Gasteiger partial charge in [0.1, 0.15) is 5.15 Å². The Labute approximate surface area is 68.5 Å². The maximum atomic E-state index is 5.57. The van der Waals surface area contributed by atoms with E-state index in [1.165, 1.54) is 11.3 Å². The Kier molecular flexibility index (Phi) is 2.71. The number of nitrogens with zero attached hydrogens (tertiary/aromatic N) is 1. The van der Waals surface area contributed by atoms with Crippen LogP contribution in [-0.4, -0.2) is 11.5 Å². The van der Waals surface area contributed by atoms with E-state index < -0.39 is 0 Å². The van der Waals surface area contributed by atoms with E-state index in [1.807, 2.05) is 0 Å². The molecule has 0 bridgehead atoms. The van der Waals surface area contributed by atoms with Crippen LogP contribution < -0.4 is 5.32 Å². The first-order chi connectivity index (χ1) is 4.83. The van der Waals surface area contributed by atoms with Crippen molar-refractivity contribution in [3.63, 3.8) is 0 Å². The van der Waals surface area contributed by atoms with E-state index in [1.54, 1.807) is 11.5 Å². The minimum absolute atomic E-state index is 0.538. The molecule has 0 radical (unpaired) electrons. The van der Waals surface area contributed by atoms with Crippen LogP contribution in [0.1, 0.15) is 0 Å². The molecule has 4 heteroatoms. The van der Waals surface area contributed by atoms with Gasteiger partial charge in [0.15, 0.2) is 5.13 Å². The Morgan fingerprint density at radius 2 is 2.70 bits per heavy atom. The van der Waals surface area contributed by atoms with Gasteiger partial charge in [-0.1, -0.05) is 17.7 Å². The third kappa shape index (κ3) is 2.01. The lowest BCUT2D eigenvalue weighted by molar-refractivity contribution is 1.29. The molecule has 0 fully saturated rings. The molecule has 0 saturated carbocycles. The fourth-order valence-corrected chi connectivity index (χ4v) is 1.34. The van der Waals surface area contributed by atoms with Crippen LogP contribution in [0, 0.1) is 0 Å². The first kappa shape index (κ1) is 7.57. The number of anilines is 1. The summed E-state index contributed by atoms with van der Waals surface area (Å²) in [5, 5.41) is 6.18. The highest BCUT2D eigenvalue weighted by molar-refractivity contribution is 7.14. The Morgan fingerprint density at radius 3 is 3.20 bits per heavy atom. The molecule has 1 heterocycles. The average molecular weight is 175 g/mol. The van der Waals surface area contributed by atoms with Crippen molar-refractivity contribution in [3.05, 3.63) is 23.2 Å². The highest BCUT2D eigenvalue weighted by Gasteiger charge is 1.94. The SMILES string of the molecule is C=CCNc1nc(Cl)cs1. The Hall–Kier alpha value is -0.540. The van der Waals surface area contributed by atoms with Gasteiger partial charge >= 0.3 is 0 Å². The van der Waals surface area contributed by atoms with Gasteiger partial charge in [-0.3, -0.25) is 0 Å². The van der Waals surface area contributed by atoms with Gasteiger partial charge in [-0.15, -0.1) is 17.9 Å². The molecule has 1 aromatic heterocycles. The van der Waals surface area contributed by atoms with E-state index in [0.717, 1.165) is 11.7 Å². The molecule has 1 N–H and O–H groups in total. The third-order valence-electron chi connectivity index (χ3n) is 0.874. The van der Waals surface area contributed by atoms with Crippen LogP contribution in [-0.2, 0) is 0 Å². The number of rotatable bonds is 3. The summed E-state index contributed by atoms with van der Waals surface area (Å²) in [5.74, 6) is 0. The van der Waals surface area contributed by atoms with Crippen molar-refractivity contribution in [3.8, 4) is 0 Å². The molecule has 0 aliphatic rings. The summed E-state index contributed by atoms with van der Waals surface area (Å²) in [6.07, 6.45) is 1.77. The van der Waals surface area contributed by atoms with Gasteiger partial charge in [0.25, 0.3) is 0 Å². The predicted molar refractivity (Wildman–Crippen MR) is 45.8 cm³/mol. The van der Waals surface area contributed by atoms with Crippen LogP contribution in [0.5, 0.6) is 0 Å². The standard InChI is InChI=1S/C6H7ClN2S/c1-2-3-8-6-9-5(7)4-10-6/h2,4H,1,3H2,(H,8,9). The minimum Gasteiger partial charge on any atom is -0.358 e. The zero-order valence-corrected chi connectivity index (χ0v) is 6.87. The van der Waals surface area contributed by atoms with Crippen LogP contribution in [0.2, 0.25) is 5.15 Å². The molecule has 0 saturated heterocycles. The molecule has 0 aromatic carbocycles. The van der Waals surface area contributed by atoms with Gasteiger partial charge in [0, 0.05) is 11.9 Å². The first-order valence-electron chi connectivity index (χ1n) is 2.78. The maximum Gasteiger partial charge on any atom is 0.184 e. The number of halogens is 1. The largest absolute Gasteiger partial charge is 0.358 e. The topological polar surface area (TPSA) is 24.9 Å². The molecule has 0 aliphatic heterocycles. The highest BCUT2D eigenvalue weighted by Crippen LogP contribution is 2.18. The molecule has 0 amide bonds. The molecule has 0 spiro atoms. The van der Waals surface area contributed by atoms with Crippen LogP contribution in [0.25, 0.3) is 0 Å². The molecular formula is C6H7ClN2S. The first-order valence-corrected chi connectivity index (χ1v) is 4.04. The molecular weight excluding hydrogens is 168 g/mol. The fourth-order valence-electron chi connectivity index (χ4n) is 0.495. The van der Waals surface area contributed by atoms with E-state index in [9.17, 15) is 0 Å². The van der Waals surface area contributed by atoms with Gasteiger partial charge in [0.2, 0.25) is 0 Å². The third-order valence-corrected chi connectivity index (χ3v) is 2.00. The quantitative estimate of drug-likeness (QED) is 0.712. The number of nitrogens with one attached hydrogen (secondary N) is 1. The molecule has 0 aliphatic carbocycles. The van der Waals surface area contributed by atoms with Gasteiger partial charge in [-0.25, -0.2) is 4.98 Å². The van der Waals surface area contributed by atoms with Crippen LogP contribution in [0.15, 0.2) is 18.0 Å². The lowest BCUT2D eigenvalue weighted by Gasteiger charge is -1.93. The zero-order chi connectivity index (χ0) is 7.40. The van der Waals surface area contributed by atoms with E-state index in [-0.39, 0.29) is 0 Å². The van der Waals surface area contributed by atoms with Gasteiger partial charge in [-0.05, 0) is 0 Å². The van der Waals surface area contributed by atoms with E-state index >= 15 is 0 Å². The van der Waals surface area contributed by atoms with Crippen molar-refractivity contribution >= 4 is 28.1 Å². The molecule has 0 unspecified atom stereocenters. The summed E-state index contributed by atoms with van der Waals surface area (Å²) in [7, 11) is 0. The Bertz CT molecular complexity index is 221. The summed E-state index contributed by atoms with van der Waals surface area (Å²) in [6, 6.07) is 0. The number of hydrogen-bond acceptors (Lipinski definition) is 3. The predicted octanol–water partition coefficient (Wildman–Crippen LogP) is 2.39. The maximum absolute atomic E-state index is 5.57. The van der Waals surface area contributed by atoms with Crippen molar-refractivity contribution in [2.45, 2.75) is 0 Å². The minimum atomic E-state index is 0.538. The molecule has 1 rings (SSSR count). The second-order valence-corrected chi connectivity index (χ2v) is 2.89. The number of aromatic nitrogens is 1. The normalized spacial score (nSPS) is 9.30. The Balaban J connectivity index is 2.49. The van der Waals surface area contributed by atoms with E-state index in [4.69, 9.17) is 11.6 Å². The highest BCUT2D eigenvalue weighted by atomic mass is 35.5. The summed E-state index contributed by atoms with van der Waals surface area (Å²) < 4.78 is 0. The van der Waals surface area contributed by atoms with Crippen molar-refractivity contribution in [1.82, 2.24) is 4.98 Å². The van der Waals surface area contributed by atoms with Crippen molar-refractivity contribution in [2.75, 3.05) is 11.9 Å². The average Bonchev–Trinajstić information content (AvgIpc) is 2.31.